The number of aliphatic imine (C=N–C) groups is 1. The van der Waals surface area contributed by atoms with Gasteiger partial charge in [0.1, 0.15) is 0 Å². The minimum Gasteiger partial charge on any atom is -0.316 e. The predicted octanol–water partition coefficient (Wildman–Crippen LogP) is 2.64. The average Bonchev–Trinajstić information content (AvgIpc) is 2.88. The van der Waals surface area contributed by atoms with E-state index in [1.807, 2.05) is 56.9 Å². The van der Waals surface area contributed by atoms with Gasteiger partial charge in [-0.25, -0.2) is 8.42 Å². The molecule has 0 aromatic heterocycles. The molecule has 0 spiro atoms. The standard InChI is InChI=1S/C17H22N2O3S2/c1-11-6-5-7-12(8-11)19-13-9-24(21,22)10-14(13)23-16(19)18-15(20)17(2,3)4/h5-8,13-14H,9-10H2,1-4H3/t13-,14-/m1/s1. The lowest BCUT2D eigenvalue weighted by Crippen LogP contribution is -2.38. The van der Waals surface area contributed by atoms with Crippen molar-refractivity contribution in [2.45, 2.75) is 39.0 Å². The largest absolute Gasteiger partial charge is 0.316 e. The normalized spacial score (nSPS) is 27.5. The highest BCUT2D eigenvalue weighted by molar-refractivity contribution is 8.16. The van der Waals surface area contributed by atoms with Crippen molar-refractivity contribution in [2.24, 2.45) is 10.4 Å². The van der Waals surface area contributed by atoms with Gasteiger partial charge in [0.2, 0.25) is 0 Å². The number of carbonyl (C=O) groups is 1. The molecule has 0 N–H and O–H groups in total. The highest BCUT2D eigenvalue weighted by Crippen LogP contribution is 2.41. The summed E-state index contributed by atoms with van der Waals surface area (Å²) in [6.45, 7) is 7.50. The van der Waals surface area contributed by atoms with Crippen LogP contribution >= 0.6 is 11.8 Å². The Morgan fingerprint density at radius 1 is 1.29 bits per heavy atom. The smallest absolute Gasteiger partial charge is 0.253 e. The van der Waals surface area contributed by atoms with Crippen molar-refractivity contribution >= 4 is 38.4 Å². The lowest BCUT2D eigenvalue weighted by atomic mass is 9.96. The van der Waals surface area contributed by atoms with Gasteiger partial charge in [-0.1, -0.05) is 44.7 Å². The molecule has 24 heavy (non-hydrogen) atoms. The van der Waals surface area contributed by atoms with Crippen LogP contribution in [0.3, 0.4) is 0 Å². The summed E-state index contributed by atoms with van der Waals surface area (Å²) in [5.41, 5.74) is 1.42. The molecule has 0 bridgehead atoms. The molecular formula is C17H22N2O3S2. The zero-order valence-electron chi connectivity index (χ0n) is 14.3. The number of fused-ring (bicyclic) bond motifs is 1. The Kier molecular flexibility index (Phi) is 4.28. The summed E-state index contributed by atoms with van der Waals surface area (Å²) in [6.07, 6.45) is 0. The van der Waals surface area contributed by atoms with E-state index in [0.717, 1.165) is 11.3 Å². The molecule has 0 saturated carbocycles. The first-order chi connectivity index (χ1) is 11.1. The fourth-order valence-electron chi connectivity index (χ4n) is 2.90. The lowest BCUT2D eigenvalue weighted by Gasteiger charge is -2.25. The molecule has 130 valence electrons. The van der Waals surface area contributed by atoms with Crippen LogP contribution in [0.25, 0.3) is 0 Å². The summed E-state index contributed by atoms with van der Waals surface area (Å²) in [5, 5.41) is 0.549. The lowest BCUT2D eigenvalue weighted by molar-refractivity contribution is -0.124. The number of benzene rings is 1. The quantitative estimate of drug-likeness (QED) is 0.764. The Labute approximate surface area is 147 Å². The zero-order chi connectivity index (χ0) is 17.7. The highest BCUT2D eigenvalue weighted by atomic mass is 32.2. The molecule has 0 aliphatic carbocycles. The molecule has 2 fully saturated rings. The SMILES string of the molecule is Cc1cccc(N2C(=NC(=O)C(C)(C)C)S[C@@H]3CS(=O)(=O)C[C@H]32)c1. The zero-order valence-corrected chi connectivity index (χ0v) is 15.9. The van der Waals surface area contributed by atoms with Crippen LogP contribution in [0.4, 0.5) is 5.69 Å². The maximum absolute atomic E-state index is 12.4. The third-order valence-electron chi connectivity index (χ3n) is 4.19. The van der Waals surface area contributed by atoms with E-state index in [2.05, 4.69) is 4.99 Å². The maximum Gasteiger partial charge on any atom is 0.253 e. The van der Waals surface area contributed by atoms with E-state index in [1.54, 1.807) is 0 Å². The van der Waals surface area contributed by atoms with Gasteiger partial charge in [-0.05, 0) is 24.6 Å². The third kappa shape index (κ3) is 3.37. The van der Waals surface area contributed by atoms with Crippen LogP contribution in [-0.4, -0.2) is 42.3 Å². The van der Waals surface area contributed by atoms with Crippen LogP contribution < -0.4 is 4.90 Å². The maximum atomic E-state index is 12.4. The number of nitrogens with zero attached hydrogens (tertiary/aromatic N) is 2. The molecule has 1 aromatic rings. The van der Waals surface area contributed by atoms with Gasteiger partial charge in [0.05, 0.1) is 17.5 Å². The number of thioether (sulfide) groups is 1. The Balaban J connectivity index is 2.03. The van der Waals surface area contributed by atoms with E-state index in [0.29, 0.717) is 5.17 Å². The molecule has 1 aromatic carbocycles. The molecule has 0 radical (unpaired) electrons. The Bertz CT molecular complexity index is 809. The average molecular weight is 367 g/mol. The minimum absolute atomic E-state index is 0.0676. The van der Waals surface area contributed by atoms with Gasteiger partial charge >= 0.3 is 0 Å². The van der Waals surface area contributed by atoms with Crippen molar-refractivity contribution in [3.05, 3.63) is 29.8 Å². The van der Waals surface area contributed by atoms with E-state index < -0.39 is 15.3 Å². The minimum atomic E-state index is -3.04. The van der Waals surface area contributed by atoms with Crippen LogP contribution in [0.5, 0.6) is 0 Å². The third-order valence-corrected chi connectivity index (χ3v) is 7.39. The number of amides is 1. The molecule has 2 heterocycles. The number of anilines is 1. The van der Waals surface area contributed by atoms with E-state index in [-0.39, 0.29) is 28.7 Å². The van der Waals surface area contributed by atoms with Crippen molar-refractivity contribution in [3.63, 3.8) is 0 Å². The Hall–Kier alpha value is -1.34. The summed E-state index contributed by atoms with van der Waals surface area (Å²) < 4.78 is 24.1. The predicted molar refractivity (Wildman–Crippen MR) is 99.4 cm³/mol. The van der Waals surface area contributed by atoms with Crippen LogP contribution in [0.1, 0.15) is 26.3 Å². The van der Waals surface area contributed by atoms with Crippen molar-refractivity contribution in [1.29, 1.82) is 0 Å². The van der Waals surface area contributed by atoms with Gasteiger partial charge in [0.25, 0.3) is 5.91 Å². The van der Waals surface area contributed by atoms with Crippen LogP contribution in [-0.2, 0) is 14.6 Å². The van der Waals surface area contributed by atoms with Crippen molar-refractivity contribution in [3.8, 4) is 0 Å². The van der Waals surface area contributed by atoms with Crippen LogP contribution in [0.2, 0.25) is 0 Å². The summed E-state index contributed by atoms with van der Waals surface area (Å²) in [4.78, 5) is 18.6. The number of amidine groups is 1. The number of hydrogen-bond acceptors (Lipinski definition) is 4. The fraction of sp³-hybridized carbons (Fsp3) is 0.529. The fourth-order valence-corrected chi connectivity index (χ4v) is 6.81. The first kappa shape index (κ1) is 17.5. The molecule has 2 aliphatic rings. The molecule has 0 unspecified atom stereocenters. The molecule has 7 heteroatoms. The van der Waals surface area contributed by atoms with Crippen LogP contribution in [0, 0.1) is 12.3 Å². The summed E-state index contributed by atoms with van der Waals surface area (Å²) in [5.74, 6) is 0.0693. The van der Waals surface area contributed by atoms with Gasteiger partial charge in [0.15, 0.2) is 15.0 Å². The van der Waals surface area contributed by atoms with E-state index in [9.17, 15) is 13.2 Å². The van der Waals surface area contributed by atoms with E-state index in [1.165, 1.54) is 11.8 Å². The van der Waals surface area contributed by atoms with Crippen molar-refractivity contribution in [2.75, 3.05) is 16.4 Å². The number of hydrogen-bond donors (Lipinski definition) is 0. The second kappa shape index (κ2) is 5.88. The Morgan fingerprint density at radius 3 is 2.62 bits per heavy atom. The first-order valence-corrected chi connectivity index (χ1v) is 10.6. The second-order valence-electron chi connectivity index (χ2n) is 7.46. The van der Waals surface area contributed by atoms with Crippen molar-refractivity contribution < 1.29 is 13.2 Å². The van der Waals surface area contributed by atoms with E-state index >= 15 is 0 Å². The molecule has 5 nitrogen and oxygen atoms in total. The molecule has 2 saturated heterocycles. The molecule has 1 amide bonds. The van der Waals surface area contributed by atoms with Gasteiger partial charge in [-0.15, -0.1) is 0 Å². The molecule has 2 atom stereocenters. The van der Waals surface area contributed by atoms with Crippen molar-refractivity contribution in [1.82, 2.24) is 0 Å². The molecule has 2 aliphatic heterocycles. The molecule has 3 rings (SSSR count). The number of rotatable bonds is 1. The second-order valence-corrected chi connectivity index (χ2v) is 10.8. The van der Waals surface area contributed by atoms with Gasteiger partial charge in [-0.2, -0.15) is 4.99 Å². The number of sulfone groups is 1. The summed E-state index contributed by atoms with van der Waals surface area (Å²) in [6, 6.07) is 7.72. The first-order valence-electron chi connectivity index (χ1n) is 7.93. The monoisotopic (exact) mass is 366 g/mol. The summed E-state index contributed by atoms with van der Waals surface area (Å²) in [7, 11) is -3.04. The van der Waals surface area contributed by atoms with E-state index in [4.69, 9.17) is 0 Å². The van der Waals surface area contributed by atoms with Crippen LogP contribution in [0.15, 0.2) is 29.3 Å². The number of carbonyl (C=O) groups excluding carboxylic acids is 1. The van der Waals surface area contributed by atoms with Gasteiger partial charge in [0, 0.05) is 16.4 Å². The Morgan fingerprint density at radius 2 is 2.00 bits per heavy atom. The topological polar surface area (TPSA) is 66.8 Å². The van der Waals surface area contributed by atoms with Gasteiger partial charge < -0.3 is 4.90 Å². The molecular weight excluding hydrogens is 344 g/mol. The van der Waals surface area contributed by atoms with Gasteiger partial charge in [-0.3, -0.25) is 4.79 Å². The number of aryl methyl sites for hydroxylation is 1. The summed E-state index contributed by atoms with van der Waals surface area (Å²) >= 11 is 1.41. The highest BCUT2D eigenvalue weighted by Gasteiger charge is 2.49.